The summed E-state index contributed by atoms with van der Waals surface area (Å²) in [5, 5.41) is 16.9. The Morgan fingerprint density at radius 3 is 2.55 bits per heavy atom. The molecule has 3 heterocycles. The number of likely N-dealkylation sites (tertiary alicyclic amines) is 1. The molecular weight excluding hydrogens is 530 g/mol. The van der Waals surface area contributed by atoms with E-state index in [4.69, 9.17) is 16.3 Å². The Hall–Kier alpha value is -2.94. The molecule has 3 fully saturated rings. The van der Waals surface area contributed by atoms with Crippen molar-refractivity contribution in [3.05, 3.63) is 64.7 Å². The molecule has 3 aliphatic heterocycles. The first-order chi connectivity index (χ1) is 19.1. The molecule has 0 radical (unpaired) electrons. The molecule has 7 atom stereocenters. The molecule has 8 nitrogen and oxygen atoms in total. The standard InChI is InChI=1S/C31H38ClN3O5/c1-5-14-33-27(37)23-24-29(39)35(21(17-36)15-20-11-7-6-8-12-20)26(31(24)16-19(3)30(23,4)40-31)28(38)34-25-18(2)10-9-13-22(25)32/h6-13,19,21,23-24,26,36H,5,14-17H2,1-4H3,(H,33,37)(H,34,38)/t19?,21-,23+,24+,26?,30-,31?/m1/s1. The maximum atomic E-state index is 14.4. The van der Waals surface area contributed by atoms with Crippen molar-refractivity contribution in [1.29, 1.82) is 0 Å². The number of hydrogen-bond acceptors (Lipinski definition) is 5. The Labute approximate surface area is 240 Å². The van der Waals surface area contributed by atoms with Crippen molar-refractivity contribution in [1.82, 2.24) is 10.2 Å². The lowest BCUT2D eigenvalue weighted by Gasteiger charge is -2.37. The highest BCUT2D eigenvalue weighted by Crippen LogP contribution is 2.65. The van der Waals surface area contributed by atoms with E-state index < -0.39 is 41.0 Å². The summed E-state index contributed by atoms with van der Waals surface area (Å²) in [6.07, 6.45) is 1.55. The maximum absolute atomic E-state index is 14.4. The average molecular weight is 568 g/mol. The Morgan fingerprint density at radius 1 is 1.18 bits per heavy atom. The third-order valence-corrected chi connectivity index (χ3v) is 9.54. The lowest BCUT2D eigenvalue weighted by Crippen LogP contribution is -2.57. The summed E-state index contributed by atoms with van der Waals surface area (Å²) in [4.78, 5) is 43.8. The second-order valence-electron chi connectivity index (χ2n) is 11.7. The monoisotopic (exact) mass is 567 g/mol. The molecule has 0 aromatic heterocycles. The summed E-state index contributed by atoms with van der Waals surface area (Å²) in [6, 6.07) is 13.1. The SMILES string of the molecule is CCCNC(=O)[C@@H]1[C@H]2C(=O)N([C@@H](CO)Cc3ccccc3)C(C(=O)Nc3c(C)cccc3Cl)C23CC(C)[C@@]1(C)O3. The zero-order valence-corrected chi connectivity index (χ0v) is 24.2. The highest BCUT2D eigenvalue weighted by Gasteiger charge is 2.80. The summed E-state index contributed by atoms with van der Waals surface area (Å²) in [6.45, 7) is 7.86. The van der Waals surface area contributed by atoms with E-state index in [2.05, 4.69) is 10.6 Å². The van der Waals surface area contributed by atoms with Crippen LogP contribution in [-0.2, 0) is 25.5 Å². The van der Waals surface area contributed by atoms with Crippen LogP contribution in [0.5, 0.6) is 0 Å². The van der Waals surface area contributed by atoms with Crippen molar-refractivity contribution in [2.45, 2.75) is 70.2 Å². The average Bonchev–Trinajstić information content (AvgIpc) is 3.45. The van der Waals surface area contributed by atoms with Gasteiger partial charge in [-0.15, -0.1) is 0 Å². The van der Waals surface area contributed by atoms with E-state index in [1.807, 2.05) is 64.1 Å². The van der Waals surface area contributed by atoms with Crippen LogP contribution >= 0.6 is 11.6 Å². The number of aliphatic hydroxyl groups excluding tert-OH is 1. The van der Waals surface area contributed by atoms with Crippen LogP contribution in [0, 0.1) is 24.7 Å². The molecule has 2 aromatic carbocycles. The van der Waals surface area contributed by atoms with Gasteiger partial charge in [-0.05, 0) is 56.2 Å². The first-order valence-electron chi connectivity index (χ1n) is 14.1. The summed E-state index contributed by atoms with van der Waals surface area (Å²) in [5.74, 6) is -2.69. The number of amides is 3. The number of carbonyl (C=O) groups is 3. The van der Waals surface area contributed by atoms with Crippen LogP contribution in [0.4, 0.5) is 5.69 Å². The first kappa shape index (κ1) is 28.6. The third kappa shape index (κ3) is 4.41. The molecule has 9 heteroatoms. The van der Waals surface area contributed by atoms with Gasteiger partial charge >= 0.3 is 0 Å². The second-order valence-corrected chi connectivity index (χ2v) is 12.1. The summed E-state index contributed by atoms with van der Waals surface area (Å²) in [5.41, 5.74) is 0.0458. The Kier molecular flexibility index (Phi) is 7.72. The van der Waals surface area contributed by atoms with E-state index in [1.54, 1.807) is 12.1 Å². The van der Waals surface area contributed by atoms with Crippen molar-refractivity contribution < 1.29 is 24.2 Å². The van der Waals surface area contributed by atoms with Gasteiger partial charge in [0.1, 0.15) is 11.6 Å². The molecule has 2 aromatic rings. The van der Waals surface area contributed by atoms with Crippen LogP contribution in [0.15, 0.2) is 48.5 Å². The number of halogens is 1. The number of anilines is 1. The largest absolute Gasteiger partial charge is 0.394 e. The van der Waals surface area contributed by atoms with E-state index >= 15 is 0 Å². The molecule has 40 heavy (non-hydrogen) atoms. The second kappa shape index (κ2) is 10.8. The molecule has 3 unspecified atom stereocenters. The molecular formula is C31H38ClN3O5. The van der Waals surface area contributed by atoms with E-state index in [-0.39, 0.29) is 24.3 Å². The minimum absolute atomic E-state index is 0.0760. The number of aliphatic hydroxyl groups is 1. The van der Waals surface area contributed by atoms with Crippen LogP contribution in [0.1, 0.15) is 44.7 Å². The normalized spacial score (nSPS) is 31.2. The van der Waals surface area contributed by atoms with Crippen LogP contribution in [0.3, 0.4) is 0 Å². The fourth-order valence-electron chi connectivity index (χ4n) is 7.25. The predicted octanol–water partition coefficient (Wildman–Crippen LogP) is 3.73. The van der Waals surface area contributed by atoms with Crippen LogP contribution in [0.25, 0.3) is 0 Å². The third-order valence-electron chi connectivity index (χ3n) is 9.22. The number of benzene rings is 2. The zero-order valence-electron chi connectivity index (χ0n) is 23.4. The number of rotatable bonds is 9. The lowest BCUT2D eigenvalue weighted by molar-refractivity contribution is -0.149. The lowest BCUT2D eigenvalue weighted by atomic mass is 9.62. The molecule has 3 amide bonds. The van der Waals surface area contributed by atoms with Gasteiger partial charge in [-0.1, -0.05) is 67.9 Å². The van der Waals surface area contributed by atoms with Crippen LogP contribution in [-0.4, -0.2) is 64.2 Å². The quantitative estimate of drug-likeness (QED) is 0.428. The highest BCUT2D eigenvalue weighted by molar-refractivity contribution is 6.34. The molecule has 0 saturated carbocycles. The van der Waals surface area contributed by atoms with Gasteiger partial charge in [-0.3, -0.25) is 14.4 Å². The van der Waals surface area contributed by atoms with E-state index in [9.17, 15) is 19.5 Å². The number of ether oxygens (including phenoxy) is 1. The fourth-order valence-corrected chi connectivity index (χ4v) is 7.52. The zero-order chi connectivity index (χ0) is 28.8. The van der Waals surface area contributed by atoms with Crippen molar-refractivity contribution in [2.24, 2.45) is 17.8 Å². The molecule has 3 saturated heterocycles. The van der Waals surface area contributed by atoms with Gasteiger partial charge in [0.2, 0.25) is 17.7 Å². The summed E-state index contributed by atoms with van der Waals surface area (Å²) >= 11 is 6.47. The Bertz CT molecular complexity index is 1280. The molecule has 0 aliphatic carbocycles. The van der Waals surface area contributed by atoms with Gasteiger partial charge in [0.15, 0.2) is 0 Å². The van der Waals surface area contributed by atoms with Crippen molar-refractivity contribution in [3.8, 4) is 0 Å². The molecule has 1 spiro atoms. The molecule has 2 bridgehead atoms. The number of aryl methyl sites for hydroxylation is 1. The molecule has 3 N–H and O–H groups in total. The number of fused-ring (bicyclic) bond motifs is 1. The molecule has 214 valence electrons. The topological polar surface area (TPSA) is 108 Å². The summed E-state index contributed by atoms with van der Waals surface area (Å²) < 4.78 is 6.78. The smallest absolute Gasteiger partial charge is 0.250 e. The van der Waals surface area contributed by atoms with Gasteiger partial charge in [-0.2, -0.15) is 0 Å². The first-order valence-corrected chi connectivity index (χ1v) is 14.5. The Morgan fingerprint density at radius 2 is 1.90 bits per heavy atom. The van der Waals surface area contributed by atoms with Gasteiger partial charge in [0.25, 0.3) is 0 Å². The number of hydrogen-bond donors (Lipinski definition) is 3. The van der Waals surface area contributed by atoms with Gasteiger partial charge < -0.3 is 25.4 Å². The maximum Gasteiger partial charge on any atom is 0.250 e. The fraction of sp³-hybridized carbons (Fsp3) is 0.516. The van der Waals surface area contributed by atoms with E-state index in [0.29, 0.717) is 30.1 Å². The Balaban J connectivity index is 1.60. The van der Waals surface area contributed by atoms with Crippen molar-refractivity contribution >= 4 is 35.0 Å². The van der Waals surface area contributed by atoms with Crippen LogP contribution in [0.2, 0.25) is 5.02 Å². The summed E-state index contributed by atoms with van der Waals surface area (Å²) in [7, 11) is 0. The minimum Gasteiger partial charge on any atom is -0.394 e. The molecule has 5 rings (SSSR count). The number of carbonyl (C=O) groups excluding carboxylic acids is 3. The molecule has 3 aliphatic rings. The highest BCUT2D eigenvalue weighted by atomic mass is 35.5. The predicted molar refractivity (Wildman–Crippen MR) is 153 cm³/mol. The number of para-hydroxylation sites is 1. The minimum atomic E-state index is -1.22. The van der Waals surface area contributed by atoms with E-state index in [1.165, 1.54) is 4.90 Å². The van der Waals surface area contributed by atoms with Gasteiger partial charge in [-0.25, -0.2) is 0 Å². The van der Waals surface area contributed by atoms with Crippen molar-refractivity contribution in [2.75, 3.05) is 18.5 Å². The van der Waals surface area contributed by atoms with E-state index in [0.717, 1.165) is 17.5 Å². The number of nitrogens with one attached hydrogen (secondary N) is 2. The van der Waals surface area contributed by atoms with Crippen molar-refractivity contribution in [3.63, 3.8) is 0 Å². The van der Waals surface area contributed by atoms with Gasteiger partial charge in [0, 0.05) is 6.54 Å². The van der Waals surface area contributed by atoms with Crippen LogP contribution < -0.4 is 10.6 Å². The van der Waals surface area contributed by atoms with Gasteiger partial charge in [0.05, 0.1) is 40.8 Å². The number of nitrogens with zero attached hydrogens (tertiary/aromatic N) is 1.